The number of halogens is 1. The molecule has 3 saturated heterocycles. The number of piperidine rings is 2. The lowest BCUT2D eigenvalue weighted by atomic mass is 9.69. The van der Waals surface area contributed by atoms with Crippen LogP contribution in [0.25, 0.3) is 0 Å². The van der Waals surface area contributed by atoms with Crippen molar-refractivity contribution >= 4 is 17.5 Å². The average molecular weight is 755 g/mol. The third-order valence-electron chi connectivity index (χ3n) is 13.2. The summed E-state index contributed by atoms with van der Waals surface area (Å²) in [5, 5.41) is 13.0. The number of unbranched alkanes of at least 4 members (excludes halogenated alkanes) is 1. The maximum atomic E-state index is 13.8. The van der Waals surface area contributed by atoms with E-state index < -0.39 is 6.04 Å². The number of hydrogen-bond acceptors (Lipinski definition) is 6. The van der Waals surface area contributed by atoms with E-state index in [4.69, 9.17) is 4.74 Å². The summed E-state index contributed by atoms with van der Waals surface area (Å²) < 4.78 is 20.0. The molecule has 56 heavy (non-hydrogen) atoms. The highest BCUT2D eigenvalue weighted by Crippen LogP contribution is 2.47. The van der Waals surface area contributed by atoms with E-state index >= 15 is 0 Å². The molecule has 4 aromatic carbocycles. The molecule has 1 spiro atoms. The van der Waals surface area contributed by atoms with E-state index in [1.807, 2.05) is 30.3 Å². The number of likely N-dealkylation sites (tertiary alicyclic amines) is 1. The number of ether oxygens (including phenoxy) is 1. The van der Waals surface area contributed by atoms with Gasteiger partial charge in [-0.05, 0) is 159 Å². The van der Waals surface area contributed by atoms with Crippen molar-refractivity contribution in [1.82, 2.24) is 15.1 Å². The summed E-state index contributed by atoms with van der Waals surface area (Å²) in [5.74, 6) is 1.11. The minimum atomic E-state index is -0.430. The van der Waals surface area contributed by atoms with E-state index in [1.54, 1.807) is 23.1 Å². The van der Waals surface area contributed by atoms with Crippen molar-refractivity contribution in [2.24, 2.45) is 5.41 Å². The second-order valence-electron chi connectivity index (χ2n) is 16.8. The number of fused-ring (bicyclic) bond motifs is 2. The van der Waals surface area contributed by atoms with Gasteiger partial charge in [-0.3, -0.25) is 9.59 Å². The van der Waals surface area contributed by atoms with E-state index in [1.165, 1.54) is 35.2 Å². The molecule has 8 nitrogen and oxygen atoms in total. The molecule has 3 atom stereocenters. The summed E-state index contributed by atoms with van der Waals surface area (Å²) in [4.78, 5) is 32.6. The molecule has 5 aliphatic rings. The molecule has 4 aliphatic heterocycles. The summed E-state index contributed by atoms with van der Waals surface area (Å²) >= 11 is 0. The largest absolute Gasteiger partial charge is 0.508 e. The molecule has 0 aromatic heterocycles. The second-order valence-corrected chi connectivity index (χ2v) is 16.8. The van der Waals surface area contributed by atoms with Crippen LogP contribution in [0, 0.1) is 11.2 Å². The highest BCUT2D eigenvalue weighted by atomic mass is 19.1. The molecule has 9 heteroatoms. The molecule has 2 amide bonds. The second kappa shape index (κ2) is 15.1. The molecule has 3 fully saturated rings. The van der Waals surface area contributed by atoms with E-state index in [0.29, 0.717) is 37.2 Å². The lowest BCUT2D eigenvalue weighted by Crippen LogP contribution is -2.60. The fourth-order valence-electron chi connectivity index (χ4n) is 10.0. The van der Waals surface area contributed by atoms with Gasteiger partial charge in [-0.15, -0.1) is 0 Å². The first-order chi connectivity index (χ1) is 27.2. The molecule has 4 heterocycles. The van der Waals surface area contributed by atoms with Gasteiger partial charge in [0.05, 0.1) is 6.61 Å². The number of anilines is 1. The zero-order chi connectivity index (χ0) is 38.4. The fourth-order valence-corrected chi connectivity index (χ4v) is 10.0. The summed E-state index contributed by atoms with van der Waals surface area (Å²) in [6.07, 6.45) is 7.66. The molecule has 1 unspecified atom stereocenters. The number of carbonyl (C=O) groups is 2. The van der Waals surface area contributed by atoms with Crippen molar-refractivity contribution in [1.29, 1.82) is 0 Å². The monoisotopic (exact) mass is 754 g/mol. The SMILES string of the molecule is C=C1CCC(N2Cc3cc(N4CC5(CCN(CCCCOc6ccc([C@@H]7c8ccc(O)cc8CC[C@@H]7c7ccc(F)cc7)cc6)CC5)C4)ccc3C2=O)C(=O)N1. The Balaban J connectivity index is 0.721. The third-order valence-corrected chi connectivity index (χ3v) is 13.2. The quantitative estimate of drug-likeness (QED) is 0.160. The number of allylic oxidation sites excluding steroid dienone is 1. The molecule has 0 bridgehead atoms. The number of phenolic OH excluding ortho intramolecular Hbond substituents is 1. The molecule has 0 saturated carbocycles. The van der Waals surface area contributed by atoms with E-state index in [0.717, 1.165) is 86.5 Å². The van der Waals surface area contributed by atoms with Crippen molar-refractivity contribution in [2.45, 2.75) is 75.8 Å². The van der Waals surface area contributed by atoms with Gasteiger partial charge in [0.2, 0.25) is 5.91 Å². The van der Waals surface area contributed by atoms with Crippen LogP contribution >= 0.6 is 0 Å². The highest BCUT2D eigenvalue weighted by Gasteiger charge is 2.45. The number of amides is 2. The van der Waals surface area contributed by atoms with Crippen LogP contribution in [0.5, 0.6) is 11.5 Å². The minimum absolute atomic E-state index is 0.0456. The smallest absolute Gasteiger partial charge is 0.255 e. The molecule has 0 radical (unpaired) electrons. The maximum absolute atomic E-state index is 13.8. The number of nitrogens with one attached hydrogen (secondary N) is 1. The normalized spacial score (nSPS) is 23.1. The van der Waals surface area contributed by atoms with E-state index in [-0.39, 0.29) is 29.5 Å². The van der Waals surface area contributed by atoms with Gasteiger partial charge >= 0.3 is 0 Å². The number of benzene rings is 4. The lowest BCUT2D eigenvalue weighted by Gasteiger charge is -2.55. The first kappa shape index (κ1) is 36.5. The van der Waals surface area contributed by atoms with Crippen LogP contribution < -0.4 is 15.0 Å². The van der Waals surface area contributed by atoms with Gasteiger partial charge in [-0.25, -0.2) is 4.39 Å². The van der Waals surface area contributed by atoms with Crippen LogP contribution in [0.2, 0.25) is 0 Å². The molecular formula is C47H51FN4O4. The number of aryl methyl sites for hydroxylation is 1. The van der Waals surface area contributed by atoms with Gasteiger partial charge in [0.15, 0.2) is 0 Å². The Labute approximate surface area is 329 Å². The topological polar surface area (TPSA) is 85.4 Å². The molecule has 2 N–H and O–H groups in total. The Bertz CT molecular complexity index is 2120. The first-order valence-corrected chi connectivity index (χ1v) is 20.4. The predicted octanol–water partition coefficient (Wildman–Crippen LogP) is 7.90. The predicted molar refractivity (Wildman–Crippen MR) is 216 cm³/mol. The Hall–Kier alpha value is -5.15. The number of phenols is 1. The molecule has 1 aliphatic carbocycles. The Morgan fingerprint density at radius 2 is 1.62 bits per heavy atom. The van der Waals surface area contributed by atoms with Crippen LogP contribution in [0.3, 0.4) is 0 Å². The van der Waals surface area contributed by atoms with Crippen molar-refractivity contribution in [3.8, 4) is 11.5 Å². The summed E-state index contributed by atoms with van der Waals surface area (Å²) in [6, 6.07) is 26.9. The molecule has 4 aromatic rings. The van der Waals surface area contributed by atoms with Crippen LogP contribution in [0.4, 0.5) is 10.1 Å². The maximum Gasteiger partial charge on any atom is 0.255 e. The molecule has 290 valence electrons. The van der Waals surface area contributed by atoms with Gasteiger partial charge in [0.25, 0.3) is 5.91 Å². The molecular weight excluding hydrogens is 704 g/mol. The zero-order valence-corrected chi connectivity index (χ0v) is 32.0. The number of rotatable bonds is 10. The summed E-state index contributed by atoms with van der Waals surface area (Å²) in [6.45, 7) is 10.5. The number of aromatic hydroxyl groups is 1. The number of carbonyl (C=O) groups excluding carboxylic acids is 2. The van der Waals surface area contributed by atoms with Gasteiger partial charge in [0, 0.05) is 47.9 Å². The van der Waals surface area contributed by atoms with Gasteiger partial charge in [-0.2, -0.15) is 0 Å². The van der Waals surface area contributed by atoms with Crippen molar-refractivity contribution < 1.29 is 23.8 Å². The Morgan fingerprint density at radius 3 is 2.39 bits per heavy atom. The summed E-state index contributed by atoms with van der Waals surface area (Å²) in [5.41, 5.74) is 8.75. The van der Waals surface area contributed by atoms with Gasteiger partial charge in [0.1, 0.15) is 23.4 Å². The van der Waals surface area contributed by atoms with Crippen LogP contribution in [-0.4, -0.2) is 72.1 Å². The van der Waals surface area contributed by atoms with Gasteiger partial charge in [-0.1, -0.05) is 36.9 Å². The minimum Gasteiger partial charge on any atom is -0.508 e. The van der Waals surface area contributed by atoms with Crippen LogP contribution in [-0.2, 0) is 17.8 Å². The number of nitrogens with zero attached hydrogens (tertiary/aromatic N) is 3. The van der Waals surface area contributed by atoms with Crippen molar-refractivity contribution in [3.63, 3.8) is 0 Å². The van der Waals surface area contributed by atoms with Crippen LogP contribution in [0.1, 0.15) is 95.0 Å². The fraction of sp³-hybridized carbons (Fsp3) is 0.404. The van der Waals surface area contributed by atoms with E-state index in [2.05, 4.69) is 58.1 Å². The van der Waals surface area contributed by atoms with Gasteiger partial charge < -0.3 is 29.9 Å². The van der Waals surface area contributed by atoms with Crippen molar-refractivity contribution in [3.05, 3.63) is 136 Å². The summed E-state index contributed by atoms with van der Waals surface area (Å²) in [7, 11) is 0. The average Bonchev–Trinajstić information content (AvgIpc) is 3.52. The zero-order valence-electron chi connectivity index (χ0n) is 32.0. The van der Waals surface area contributed by atoms with Crippen molar-refractivity contribution in [2.75, 3.05) is 44.2 Å². The van der Waals surface area contributed by atoms with E-state index in [9.17, 15) is 19.1 Å². The van der Waals surface area contributed by atoms with Crippen LogP contribution in [0.15, 0.2) is 97.2 Å². The number of hydrogen-bond donors (Lipinski definition) is 2. The molecule has 9 rings (SSSR count). The third kappa shape index (κ3) is 7.18. The first-order valence-electron chi connectivity index (χ1n) is 20.4. The highest BCUT2D eigenvalue weighted by molar-refractivity contribution is 6.01. The standard InChI is InChI=1S/C47H51FN4O4/c1-31-4-19-43(45(54)49-31)52-28-35-26-37(12-17-42(35)46(52)55)51-29-47(30-51)20-23-50(24-21-47)22-2-3-25-56-39-14-7-33(8-15-39)44-40(32-5-10-36(48)11-6-32)16-9-34-27-38(53)13-18-41(34)44/h5-8,10-15,17-18,26-27,40,43-44,53H,1-4,9,16,19-25,28-30H2,(H,49,54)/t40-,43?,44+/m1/s1. The Kier molecular flexibility index (Phi) is 9.82. The lowest BCUT2D eigenvalue weighted by molar-refractivity contribution is -0.126. The Morgan fingerprint density at radius 1 is 0.857 bits per heavy atom.